The zero-order chi connectivity index (χ0) is 12.3. The van der Waals surface area contributed by atoms with Crippen LogP contribution < -0.4 is 11.3 Å². The van der Waals surface area contributed by atoms with Crippen LogP contribution in [0.2, 0.25) is 0 Å². The number of hydrogen-bond donors (Lipinski definition) is 2. The number of nitrogens with two attached hydrogens (primary N) is 1. The number of nitrogens with zero attached hydrogens (tertiary/aromatic N) is 4. The summed E-state index contributed by atoms with van der Waals surface area (Å²) in [5.74, 6) is 5.61. The fourth-order valence-corrected chi connectivity index (χ4v) is 1.80. The minimum Gasteiger partial charge on any atom is -0.271 e. The highest BCUT2D eigenvalue weighted by atomic mass is 15.3. The Balaban J connectivity index is 2.38. The number of hydrogen-bond acceptors (Lipinski definition) is 5. The van der Waals surface area contributed by atoms with E-state index in [2.05, 4.69) is 27.4 Å². The molecular formula is C11H16N6. The number of hydrazine groups is 1. The molecule has 0 saturated carbocycles. The Labute approximate surface area is 99.9 Å². The van der Waals surface area contributed by atoms with Crippen molar-refractivity contribution in [1.29, 1.82) is 0 Å². The van der Waals surface area contributed by atoms with Gasteiger partial charge < -0.3 is 0 Å². The van der Waals surface area contributed by atoms with Crippen molar-refractivity contribution in [2.75, 3.05) is 0 Å². The second-order valence-corrected chi connectivity index (χ2v) is 3.81. The summed E-state index contributed by atoms with van der Waals surface area (Å²) in [5, 5.41) is 4.40. The number of nitrogens with one attached hydrogen (secondary N) is 1. The van der Waals surface area contributed by atoms with Crippen LogP contribution in [-0.4, -0.2) is 19.7 Å². The van der Waals surface area contributed by atoms with Crippen LogP contribution in [0, 0.1) is 0 Å². The largest absolute Gasteiger partial charge is 0.271 e. The highest BCUT2D eigenvalue weighted by Crippen LogP contribution is 2.20. The van der Waals surface area contributed by atoms with E-state index in [1.807, 2.05) is 17.8 Å². The van der Waals surface area contributed by atoms with Gasteiger partial charge in [0.1, 0.15) is 6.33 Å². The summed E-state index contributed by atoms with van der Waals surface area (Å²) in [6.45, 7) is 2.07. The summed E-state index contributed by atoms with van der Waals surface area (Å²) in [4.78, 5) is 8.00. The van der Waals surface area contributed by atoms with Gasteiger partial charge in [0, 0.05) is 25.0 Å². The second-order valence-electron chi connectivity index (χ2n) is 3.81. The molecular weight excluding hydrogens is 216 g/mol. The molecule has 3 N–H and O–H groups in total. The molecule has 1 unspecified atom stereocenters. The first-order valence-corrected chi connectivity index (χ1v) is 5.50. The Morgan fingerprint density at radius 1 is 1.41 bits per heavy atom. The molecule has 0 fully saturated rings. The maximum atomic E-state index is 5.61. The SMILES string of the molecule is CCc1cc(C(NN)c2cncnc2)n(C)n1. The van der Waals surface area contributed by atoms with E-state index in [1.54, 1.807) is 12.4 Å². The van der Waals surface area contributed by atoms with Crippen LogP contribution in [0.4, 0.5) is 0 Å². The Hall–Kier alpha value is -1.79. The second kappa shape index (κ2) is 5.03. The van der Waals surface area contributed by atoms with Gasteiger partial charge in [-0.3, -0.25) is 10.5 Å². The van der Waals surface area contributed by atoms with E-state index in [9.17, 15) is 0 Å². The van der Waals surface area contributed by atoms with Crippen LogP contribution >= 0.6 is 0 Å². The lowest BCUT2D eigenvalue weighted by molar-refractivity contribution is 0.570. The first-order chi connectivity index (χ1) is 8.26. The van der Waals surface area contributed by atoms with E-state index in [-0.39, 0.29) is 6.04 Å². The topological polar surface area (TPSA) is 81.6 Å². The molecule has 6 nitrogen and oxygen atoms in total. The zero-order valence-electron chi connectivity index (χ0n) is 9.96. The normalized spacial score (nSPS) is 12.6. The van der Waals surface area contributed by atoms with Gasteiger partial charge in [-0.05, 0) is 12.5 Å². The molecule has 0 aliphatic rings. The van der Waals surface area contributed by atoms with E-state index in [0.29, 0.717) is 0 Å². The molecule has 0 aromatic carbocycles. The lowest BCUT2D eigenvalue weighted by Gasteiger charge is -2.15. The van der Waals surface area contributed by atoms with Gasteiger partial charge >= 0.3 is 0 Å². The number of aryl methyl sites for hydroxylation is 2. The minimum atomic E-state index is -0.144. The molecule has 0 radical (unpaired) electrons. The molecule has 0 aliphatic carbocycles. The average Bonchev–Trinajstić information content (AvgIpc) is 2.73. The first-order valence-electron chi connectivity index (χ1n) is 5.50. The van der Waals surface area contributed by atoms with E-state index >= 15 is 0 Å². The molecule has 90 valence electrons. The van der Waals surface area contributed by atoms with Crippen LogP contribution in [0.5, 0.6) is 0 Å². The Kier molecular flexibility index (Phi) is 3.46. The van der Waals surface area contributed by atoms with Crippen molar-refractivity contribution in [2.24, 2.45) is 12.9 Å². The van der Waals surface area contributed by atoms with E-state index < -0.39 is 0 Å². The molecule has 0 spiro atoms. The van der Waals surface area contributed by atoms with Gasteiger partial charge in [-0.25, -0.2) is 15.4 Å². The van der Waals surface area contributed by atoms with Crippen molar-refractivity contribution in [3.63, 3.8) is 0 Å². The third-order valence-corrected chi connectivity index (χ3v) is 2.71. The van der Waals surface area contributed by atoms with Crippen molar-refractivity contribution in [3.8, 4) is 0 Å². The predicted octanol–water partition coefficient (Wildman–Crippen LogP) is 0.325. The Morgan fingerprint density at radius 3 is 2.65 bits per heavy atom. The first kappa shape index (κ1) is 11.7. The Morgan fingerprint density at radius 2 is 2.12 bits per heavy atom. The number of aromatic nitrogens is 4. The van der Waals surface area contributed by atoms with Gasteiger partial charge in [0.2, 0.25) is 0 Å². The third-order valence-electron chi connectivity index (χ3n) is 2.71. The number of rotatable bonds is 4. The summed E-state index contributed by atoms with van der Waals surface area (Å²) >= 11 is 0. The Bertz CT molecular complexity index is 478. The minimum absolute atomic E-state index is 0.144. The lowest BCUT2D eigenvalue weighted by Crippen LogP contribution is -2.30. The highest BCUT2D eigenvalue weighted by molar-refractivity contribution is 5.25. The monoisotopic (exact) mass is 232 g/mol. The van der Waals surface area contributed by atoms with Gasteiger partial charge in [0.05, 0.1) is 17.4 Å². The van der Waals surface area contributed by atoms with Crippen molar-refractivity contribution in [1.82, 2.24) is 25.2 Å². The van der Waals surface area contributed by atoms with Gasteiger partial charge in [-0.1, -0.05) is 6.92 Å². The fraction of sp³-hybridized carbons (Fsp3) is 0.364. The molecule has 0 bridgehead atoms. The third kappa shape index (κ3) is 2.32. The van der Waals surface area contributed by atoms with Gasteiger partial charge in [0.25, 0.3) is 0 Å². The van der Waals surface area contributed by atoms with E-state index in [4.69, 9.17) is 5.84 Å². The highest BCUT2D eigenvalue weighted by Gasteiger charge is 2.17. The summed E-state index contributed by atoms with van der Waals surface area (Å²) in [6.07, 6.45) is 5.89. The van der Waals surface area contributed by atoms with Crippen LogP contribution in [-0.2, 0) is 13.5 Å². The van der Waals surface area contributed by atoms with Crippen LogP contribution in [0.15, 0.2) is 24.8 Å². The maximum Gasteiger partial charge on any atom is 0.115 e. The summed E-state index contributed by atoms with van der Waals surface area (Å²) in [5.41, 5.74) is 5.73. The molecule has 17 heavy (non-hydrogen) atoms. The van der Waals surface area contributed by atoms with Crippen molar-refractivity contribution in [3.05, 3.63) is 41.7 Å². The molecule has 2 rings (SSSR count). The summed E-state index contributed by atoms with van der Waals surface area (Å²) in [7, 11) is 1.91. The molecule has 1 atom stereocenters. The fourth-order valence-electron chi connectivity index (χ4n) is 1.80. The maximum absolute atomic E-state index is 5.61. The van der Waals surface area contributed by atoms with Gasteiger partial charge in [-0.2, -0.15) is 5.10 Å². The average molecular weight is 232 g/mol. The quantitative estimate of drug-likeness (QED) is 0.586. The lowest BCUT2D eigenvalue weighted by atomic mass is 10.1. The molecule has 0 amide bonds. The van der Waals surface area contributed by atoms with E-state index in [1.165, 1.54) is 6.33 Å². The predicted molar refractivity (Wildman–Crippen MR) is 63.8 cm³/mol. The molecule has 2 aromatic heterocycles. The molecule has 2 heterocycles. The van der Waals surface area contributed by atoms with Crippen LogP contribution in [0.25, 0.3) is 0 Å². The van der Waals surface area contributed by atoms with Crippen LogP contribution in [0.3, 0.4) is 0 Å². The molecule has 0 saturated heterocycles. The van der Waals surface area contributed by atoms with Gasteiger partial charge in [0.15, 0.2) is 0 Å². The van der Waals surface area contributed by atoms with Crippen molar-refractivity contribution < 1.29 is 0 Å². The summed E-state index contributed by atoms with van der Waals surface area (Å²) < 4.78 is 1.83. The smallest absolute Gasteiger partial charge is 0.115 e. The zero-order valence-corrected chi connectivity index (χ0v) is 9.96. The van der Waals surface area contributed by atoms with Crippen LogP contribution in [0.1, 0.15) is 29.9 Å². The van der Waals surface area contributed by atoms with Crippen molar-refractivity contribution >= 4 is 0 Å². The standard InChI is InChI=1S/C11H16N6/c1-3-9-4-10(17(2)16-9)11(15-12)8-5-13-7-14-6-8/h4-7,11,15H,3,12H2,1-2H3. The van der Waals surface area contributed by atoms with Crippen molar-refractivity contribution in [2.45, 2.75) is 19.4 Å². The molecule has 0 aliphatic heterocycles. The van der Waals surface area contributed by atoms with E-state index in [0.717, 1.165) is 23.4 Å². The molecule has 6 heteroatoms. The van der Waals surface area contributed by atoms with Gasteiger partial charge in [-0.15, -0.1) is 0 Å². The molecule has 2 aromatic rings. The summed E-state index contributed by atoms with van der Waals surface area (Å²) in [6, 6.07) is 1.89.